The fraction of sp³-hybridized carbons (Fsp3) is 0.429. The summed E-state index contributed by atoms with van der Waals surface area (Å²) in [5.41, 5.74) is -4.44. The summed E-state index contributed by atoms with van der Waals surface area (Å²) < 4.78 is 68.3. The zero-order valence-corrected chi connectivity index (χ0v) is 13.2. The molecule has 1 aromatic carbocycles. The first-order valence-corrected chi connectivity index (χ1v) is 8.03. The number of hydrogen-bond acceptors (Lipinski definition) is 4. The molecule has 0 unspecified atom stereocenters. The second kappa shape index (κ2) is 7.04. The van der Waals surface area contributed by atoms with Crippen molar-refractivity contribution in [2.45, 2.75) is 32.2 Å². The van der Waals surface area contributed by atoms with E-state index in [4.69, 9.17) is 4.74 Å². The molecule has 0 fully saturated rings. The molecule has 0 atom stereocenters. The largest absolute Gasteiger partial charge is 0.534 e. The first kappa shape index (κ1) is 18.3. The maximum Gasteiger partial charge on any atom is 0.534 e. The van der Waals surface area contributed by atoms with E-state index < -0.39 is 15.6 Å². The lowest BCUT2D eigenvalue weighted by atomic mass is 9.96. The maximum atomic E-state index is 12.3. The Labute approximate surface area is 127 Å². The molecular formula is C14H17F3O4S. The smallest absolute Gasteiger partial charge is 0.497 e. The van der Waals surface area contributed by atoms with Crippen LogP contribution in [0.25, 0.3) is 5.76 Å². The van der Waals surface area contributed by atoms with E-state index in [1.807, 2.05) is 13.8 Å². The molecule has 0 saturated heterocycles. The van der Waals surface area contributed by atoms with Gasteiger partial charge in [0.05, 0.1) is 7.11 Å². The van der Waals surface area contributed by atoms with Gasteiger partial charge in [-0.05, 0) is 42.7 Å². The SMILES string of the molecule is CC.COc1ccc2c(c1)CCC=C2OS(=O)(=O)C(F)(F)F. The van der Waals surface area contributed by atoms with E-state index in [0.717, 1.165) is 0 Å². The summed E-state index contributed by atoms with van der Waals surface area (Å²) in [4.78, 5) is 0. The van der Waals surface area contributed by atoms with Crippen molar-refractivity contribution >= 4 is 15.9 Å². The second-order valence-electron chi connectivity index (χ2n) is 4.11. The average molecular weight is 338 g/mol. The van der Waals surface area contributed by atoms with Crippen LogP contribution in [-0.2, 0) is 20.7 Å². The second-order valence-corrected chi connectivity index (χ2v) is 5.65. The quantitative estimate of drug-likeness (QED) is 0.620. The van der Waals surface area contributed by atoms with Crippen molar-refractivity contribution in [3.8, 4) is 5.75 Å². The van der Waals surface area contributed by atoms with Crippen LogP contribution in [-0.4, -0.2) is 21.0 Å². The van der Waals surface area contributed by atoms with Crippen LogP contribution in [0.3, 0.4) is 0 Å². The van der Waals surface area contributed by atoms with Gasteiger partial charge < -0.3 is 8.92 Å². The van der Waals surface area contributed by atoms with E-state index in [9.17, 15) is 21.6 Å². The Morgan fingerprint density at radius 1 is 1.18 bits per heavy atom. The third-order valence-electron chi connectivity index (χ3n) is 2.80. The molecule has 0 saturated carbocycles. The van der Waals surface area contributed by atoms with Gasteiger partial charge in [0.15, 0.2) is 0 Å². The van der Waals surface area contributed by atoms with Crippen LogP contribution in [0, 0.1) is 0 Å². The zero-order valence-electron chi connectivity index (χ0n) is 12.4. The van der Waals surface area contributed by atoms with Gasteiger partial charge in [0, 0.05) is 5.56 Å². The van der Waals surface area contributed by atoms with E-state index in [2.05, 4.69) is 4.18 Å². The summed E-state index contributed by atoms with van der Waals surface area (Å²) in [6.07, 6.45) is 2.30. The molecule has 124 valence electrons. The van der Waals surface area contributed by atoms with E-state index in [1.165, 1.54) is 25.3 Å². The third-order valence-corrected chi connectivity index (χ3v) is 3.77. The minimum absolute atomic E-state index is 0.300. The van der Waals surface area contributed by atoms with Crippen molar-refractivity contribution in [3.63, 3.8) is 0 Å². The standard InChI is InChI=1S/C12H11F3O4S.C2H6/c1-18-9-5-6-10-8(7-9)3-2-4-11(10)19-20(16,17)12(13,14)15;1-2/h4-7H,2-3H2,1H3;1-2H3. The van der Waals surface area contributed by atoms with Crippen molar-refractivity contribution in [3.05, 3.63) is 35.4 Å². The predicted octanol–water partition coefficient (Wildman–Crippen LogP) is 3.87. The molecule has 0 heterocycles. The van der Waals surface area contributed by atoms with Crippen LogP contribution in [0.4, 0.5) is 13.2 Å². The van der Waals surface area contributed by atoms with Crippen LogP contribution < -0.4 is 4.74 Å². The van der Waals surface area contributed by atoms with E-state index in [1.54, 1.807) is 6.07 Å². The van der Waals surface area contributed by atoms with Gasteiger partial charge in [0.1, 0.15) is 11.5 Å². The highest BCUT2D eigenvalue weighted by Gasteiger charge is 2.49. The van der Waals surface area contributed by atoms with E-state index in [0.29, 0.717) is 29.7 Å². The normalized spacial score (nSPS) is 14.2. The molecule has 0 aromatic heterocycles. The van der Waals surface area contributed by atoms with Crippen molar-refractivity contribution < 1.29 is 30.5 Å². The number of hydrogen-bond donors (Lipinski definition) is 0. The van der Waals surface area contributed by atoms with E-state index in [-0.39, 0.29) is 5.76 Å². The molecule has 8 heteroatoms. The molecule has 0 aliphatic heterocycles. The number of allylic oxidation sites excluding steroid dienone is 1. The number of ether oxygens (including phenoxy) is 1. The molecule has 1 aliphatic rings. The summed E-state index contributed by atoms with van der Waals surface area (Å²) >= 11 is 0. The van der Waals surface area contributed by atoms with Gasteiger partial charge in [-0.2, -0.15) is 21.6 Å². The lowest BCUT2D eigenvalue weighted by Gasteiger charge is -2.19. The van der Waals surface area contributed by atoms with Crippen molar-refractivity contribution in [2.75, 3.05) is 7.11 Å². The zero-order chi connectivity index (χ0) is 17.0. The summed E-state index contributed by atoms with van der Waals surface area (Å²) in [5, 5.41) is 0. The monoisotopic (exact) mass is 338 g/mol. The lowest BCUT2D eigenvalue weighted by Crippen LogP contribution is -2.25. The molecule has 4 nitrogen and oxygen atoms in total. The van der Waals surface area contributed by atoms with Crippen LogP contribution in [0.5, 0.6) is 5.75 Å². The number of methoxy groups -OCH3 is 1. The van der Waals surface area contributed by atoms with Gasteiger partial charge in [-0.25, -0.2) is 0 Å². The summed E-state index contributed by atoms with van der Waals surface area (Å²) in [5.74, 6) is 0.245. The van der Waals surface area contributed by atoms with Crippen LogP contribution in [0.15, 0.2) is 24.3 Å². The molecule has 1 aliphatic carbocycles. The first-order chi connectivity index (χ1) is 10.2. The summed E-state index contributed by atoms with van der Waals surface area (Å²) in [7, 11) is -4.19. The first-order valence-electron chi connectivity index (χ1n) is 6.63. The maximum absolute atomic E-state index is 12.3. The van der Waals surface area contributed by atoms with Crippen molar-refractivity contribution in [1.29, 1.82) is 0 Å². The third kappa shape index (κ3) is 3.94. The number of fused-ring (bicyclic) bond motifs is 1. The molecular weight excluding hydrogens is 321 g/mol. The van der Waals surface area contributed by atoms with Gasteiger partial charge in [0.2, 0.25) is 0 Å². The van der Waals surface area contributed by atoms with Gasteiger partial charge >= 0.3 is 15.6 Å². The minimum Gasteiger partial charge on any atom is -0.497 e. The molecule has 0 N–H and O–H groups in total. The number of benzene rings is 1. The number of alkyl halides is 3. The molecule has 0 amide bonds. The number of halogens is 3. The molecule has 0 bridgehead atoms. The van der Waals surface area contributed by atoms with Crippen molar-refractivity contribution in [2.24, 2.45) is 0 Å². The highest BCUT2D eigenvalue weighted by atomic mass is 32.2. The van der Waals surface area contributed by atoms with Gasteiger partial charge in [-0.15, -0.1) is 0 Å². The molecule has 2 rings (SSSR count). The Balaban J connectivity index is 0.00000116. The summed E-state index contributed by atoms with van der Waals surface area (Å²) in [6, 6.07) is 4.65. The van der Waals surface area contributed by atoms with Gasteiger partial charge in [0.25, 0.3) is 0 Å². The Kier molecular flexibility index (Phi) is 5.87. The highest BCUT2D eigenvalue weighted by molar-refractivity contribution is 7.87. The fourth-order valence-electron chi connectivity index (χ4n) is 1.86. The van der Waals surface area contributed by atoms with Gasteiger partial charge in [-0.3, -0.25) is 0 Å². The molecule has 0 spiro atoms. The highest BCUT2D eigenvalue weighted by Crippen LogP contribution is 2.34. The topological polar surface area (TPSA) is 52.6 Å². The fourth-order valence-corrected chi connectivity index (χ4v) is 2.35. The minimum atomic E-state index is -5.66. The van der Waals surface area contributed by atoms with Crippen LogP contribution in [0.1, 0.15) is 31.4 Å². The van der Waals surface area contributed by atoms with Crippen LogP contribution in [0.2, 0.25) is 0 Å². The summed E-state index contributed by atoms with van der Waals surface area (Å²) in [6.45, 7) is 4.00. The predicted molar refractivity (Wildman–Crippen MR) is 76.7 cm³/mol. The van der Waals surface area contributed by atoms with E-state index >= 15 is 0 Å². The van der Waals surface area contributed by atoms with Crippen LogP contribution >= 0.6 is 0 Å². The molecule has 1 aromatic rings. The molecule has 22 heavy (non-hydrogen) atoms. The Bertz CT molecular complexity index is 649. The average Bonchev–Trinajstić information content (AvgIpc) is 2.47. The number of rotatable bonds is 3. The lowest BCUT2D eigenvalue weighted by molar-refractivity contribution is -0.0509. The number of aryl methyl sites for hydroxylation is 1. The van der Waals surface area contributed by atoms with Gasteiger partial charge in [-0.1, -0.05) is 13.8 Å². The Hall–Kier alpha value is -1.70. The Morgan fingerprint density at radius 3 is 2.36 bits per heavy atom. The van der Waals surface area contributed by atoms with Crippen molar-refractivity contribution in [1.82, 2.24) is 0 Å². The Morgan fingerprint density at radius 2 is 1.82 bits per heavy atom. The molecule has 0 radical (unpaired) electrons.